The maximum absolute atomic E-state index is 12.1. The molecule has 1 heterocycles. The molecule has 0 aromatic carbocycles. The number of nitrogens with two attached hydrogens (primary N) is 1. The van der Waals surface area contributed by atoms with Crippen molar-refractivity contribution < 1.29 is 4.79 Å². The van der Waals surface area contributed by atoms with Gasteiger partial charge in [0.2, 0.25) is 11.8 Å². The van der Waals surface area contributed by atoms with Gasteiger partial charge < -0.3 is 10.6 Å². The predicted molar refractivity (Wildman–Crippen MR) is 61.8 cm³/mol. The Morgan fingerprint density at radius 1 is 1.44 bits per heavy atom. The highest BCUT2D eigenvalue weighted by Crippen LogP contribution is 2.08. The molecule has 3 N–H and O–H groups in total. The van der Waals surface area contributed by atoms with E-state index in [1.807, 2.05) is 13.8 Å². The Kier molecular flexibility index (Phi) is 3.87. The summed E-state index contributed by atoms with van der Waals surface area (Å²) in [6.07, 6.45) is 0. The van der Waals surface area contributed by atoms with Crippen molar-refractivity contribution in [1.29, 1.82) is 0 Å². The number of nitrogen functional groups attached to an aromatic ring is 1. The Bertz CT molecular complexity index is 358. The van der Waals surface area contributed by atoms with Crippen LogP contribution in [0.3, 0.4) is 0 Å². The molecule has 0 unspecified atom stereocenters. The number of hydrogen-bond donors (Lipinski definition) is 2. The van der Waals surface area contributed by atoms with Crippen molar-refractivity contribution in [3.05, 3.63) is 5.82 Å². The lowest BCUT2D eigenvalue weighted by Crippen LogP contribution is -2.40. The number of hydrogen-bond acceptors (Lipinski definition) is 4. The van der Waals surface area contributed by atoms with Crippen molar-refractivity contribution in [1.82, 2.24) is 20.1 Å². The summed E-state index contributed by atoms with van der Waals surface area (Å²) >= 11 is 0. The Labute approximate surface area is 95.2 Å². The molecule has 6 nitrogen and oxygen atoms in total. The first-order valence-electron chi connectivity index (χ1n) is 5.40. The number of carbonyl (C=O) groups excluding carboxylic acids is 1. The molecule has 1 amide bonds. The van der Waals surface area contributed by atoms with E-state index in [0.717, 1.165) is 0 Å². The number of nitrogens with zero attached hydrogens (tertiary/aromatic N) is 3. The smallest absolute Gasteiger partial charge is 0.291 e. The molecule has 0 aliphatic rings. The number of aromatic nitrogens is 3. The fraction of sp³-hybridized carbons (Fsp3) is 0.700. The van der Waals surface area contributed by atoms with Gasteiger partial charge in [-0.2, -0.15) is 4.98 Å². The van der Waals surface area contributed by atoms with Crippen LogP contribution in [0.5, 0.6) is 0 Å². The third-order valence-electron chi connectivity index (χ3n) is 2.15. The number of nitrogens with one attached hydrogen (secondary N) is 1. The molecule has 0 atom stereocenters. The van der Waals surface area contributed by atoms with E-state index >= 15 is 0 Å². The summed E-state index contributed by atoms with van der Waals surface area (Å²) in [5.41, 5.74) is 5.37. The van der Waals surface area contributed by atoms with Gasteiger partial charge in [0, 0.05) is 12.6 Å². The number of aromatic amines is 1. The van der Waals surface area contributed by atoms with Gasteiger partial charge in [0.15, 0.2) is 0 Å². The van der Waals surface area contributed by atoms with E-state index in [0.29, 0.717) is 12.5 Å². The quantitative estimate of drug-likeness (QED) is 0.796. The van der Waals surface area contributed by atoms with Gasteiger partial charge in [-0.25, -0.2) is 0 Å². The molecule has 1 rings (SSSR count). The monoisotopic (exact) mass is 225 g/mol. The highest BCUT2D eigenvalue weighted by Gasteiger charge is 2.22. The van der Waals surface area contributed by atoms with Crippen molar-refractivity contribution >= 4 is 11.9 Å². The molecule has 0 radical (unpaired) electrons. The van der Waals surface area contributed by atoms with Gasteiger partial charge in [-0.05, 0) is 19.8 Å². The molecule has 0 aliphatic carbocycles. The zero-order valence-corrected chi connectivity index (χ0v) is 10.2. The second-order valence-corrected chi connectivity index (χ2v) is 4.49. The normalized spacial score (nSPS) is 11.1. The molecule has 0 bridgehead atoms. The zero-order valence-electron chi connectivity index (χ0n) is 10.2. The van der Waals surface area contributed by atoms with E-state index in [-0.39, 0.29) is 23.7 Å². The third-order valence-corrected chi connectivity index (χ3v) is 2.15. The highest BCUT2D eigenvalue weighted by molar-refractivity contribution is 5.90. The molecule has 0 saturated heterocycles. The Balaban J connectivity index is 2.83. The number of carbonyl (C=O) groups is 1. The molecular formula is C10H19N5O. The predicted octanol–water partition coefficient (Wildman–Crippen LogP) is 0.893. The number of rotatable bonds is 4. The molecular weight excluding hydrogens is 206 g/mol. The van der Waals surface area contributed by atoms with Crippen molar-refractivity contribution in [2.24, 2.45) is 5.92 Å². The van der Waals surface area contributed by atoms with Gasteiger partial charge >= 0.3 is 0 Å². The standard InChI is InChI=1S/C10H19N5O/c1-6(2)5-15(7(3)4)9(16)8-12-10(11)14-13-8/h6-7H,5H2,1-4H3,(H3,11,12,13,14). The van der Waals surface area contributed by atoms with Gasteiger partial charge in [-0.3, -0.25) is 9.89 Å². The summed E-state index contributed by atoms with van der Waals surface area (Å²) in [7, 11) is 0. The number of amides is 1. The van der Waals surface area contributed by atoms with Crippen LogP contribution in [0.2, 0.25) is 0 Å². The molecule has 0 saturated carbocycles. The first kappa shape index (κ1) is 12.5. The topological polar surface area (TPSA) is 87.9 Å². The highest BCUT2D eigenvalue weighted by atomic mass is 16.2. The van der Waals surface area contributed by atoms with Crippen LogP contribution in [-0.2, 0) is 0 Å². The molecule has 0 fully saturated rings. The molecule has 90 valence electrons. The van der Waals surface area contributed by atoms with Gasteiger partial charge in [-0.15, -0.1) is 5.10 Å². The van der Waals surface area contributed by atoms with Gasteiger partial charge in [0.05, 0.1) is 0 Å². The summed E-state index contributed by atoms with van der Waals surface area (Å²) in [4.78, 5) is 17.7. The molecule has 1 aromatic heterocycles. The van der Waals surface area contributed by atoms with Crippen LogP contribution in [0.15, 0.2) is 0 Å². The minimum absolute atomic E-state index is 0.0941. The summed E-state index contributed by atoms with van der Waals surface area (Å²) in [5.74, 6) is 0.544. The van der Waals surface area contributed by atoms with E-state index in [2.05, 4.69) is 29.0 Å². The second kappa shape index (κ2) is 4.96. The molecule has 0 aliphatic heterocycles. The fourth-order valence-electron chi connectivity index (χ4n) is 1.43. The average Bonchev–Trinajstić information content (AvgIpc) is 2.59. The minimum atomic E-state index is -0.159. The average molecular weight is 225 g/mol. The lowest BCUT2D eigenvalue weighted by Gasteiger charge is -2.27. The summed E-state index contributed by atoms with van der Waals surface area (Å²) in [6, 6.07) is 0.126. The Hall–Kier alpha value is -1.59. The van der Waals surface area contributed by atoms with Crippen LogP contribution in [0.1, 0.15) is 38.3 Å². The van der Waals surface area contributed by atoms with Gasteiger partial charge in [0.1, 0.15) is 0 Å². The van der Waals surface area contributed by atoms with E-state index in [1.165, 1.54) is 0 Å². The lowest BCUT2D eigenvalue weighted by molar-refractivity contribution is 0.0670. The molecule has 16 heavy (non-hydrogen) atoms. The van der Waals surface area contributed by atoms with Crippen molar-refractivity contribution in [3.63, 3.8) is 0 Å². The van der Waals surface area contributed by atoms with Crippen molar-refractivity contribution in [2.75, 3.05) is 12.3 Å². The molecule has 1 aromatic rings. The van der Waals surface area contributed by atoms with Gasteiger partial charge in [-0.1, -0.05) is 13.8 Å². The van der Waals surface area contributed by atoms with Crippen LogP contribution in [0, 0.1) is 5.92 Å². The summed E-state index contributed by atoms with van der Waals surface area (Å²) < 4.78 is 0. The largest absolute Gasteiger partial charge is 0.366 e. The number of H-pyrrole nitrogens is 1. The first-order chi connectivity index (χ1) is 7.41. The van der Waals surface area contributed by atoms with E-state index in [1.54, 1.807) is 4.90 Å². The maximum atomic E-state index is 12.1. The molecule has 0 spiro atoms. The fourth-order valence-corrected chi connectivity index (χ4v) is 1.43. The van der Waals surface area contributed by atoms with Crippen LogP contribution >= 0.6 is 0 Å². The van der Waals surface area contributed by atoms with E-state index < -0.39 is 0 Å². The molecule has 6 heteroatoms. The zero-order chi connectivity index (χ0) is 12.3. The summed E-state index contributed by atoms with van der Waals surface area (Å²) in [5, 5.41) is 6.19. The van der Waals surface area contributed by atoms with Crippen molar-refractivity contribution in [3.8, 4) is 0 Å². The van der Waals surface area contributed by atoms with Gasteiger partial charge in [0.25, 0.3) is 5.91 Å². The Morgan fingerprint density at radius 3 is 2.44 bits per heavy atom. The minimum Gasteiger partial charge on any atom is -0.366 e. The van der Waals surface area contributed by atoms with E-state index in [9.17, 15) is 4.79 Å². The Morgan fingerprint density at radius 2 is 2.06 bits per heavy atom. The lowest BCUT2D eigenvalue weighted by atomic mass is 10.2. The van der Waals surface area contributed by atoms with Crippen LogP contribution in [0.4, 0.5) is 5.95 Å². The van der Waals surface area contributed by atoms with Crippen LogP contribution in [0.25, 0.3) is 0 Å². The van der Waals surface area contributed by atoms with Crippen molar-refractivity contribution in [2.45, 2.75) is 33.7 Å². The maximum Gasteiger partial charge on any atom is 0.291 e. The van der Waals surface area contributed by atoms with Crippen LogP contribution in [-0.4, -0.2) is 38.6 Å². The number of anilines is 1. The SMILES string of the molecule is CC(C)CN(C(=O)c1nc(N)n[nH]1)C(C)C. The van der Waals surface area contributed by atoms with E-state index in [4.69, 9.17) is 5.73 Å². The summed E-state index contributed by atoms with van der Waals surface area (Å²) in [6.45, 7) is 8.77. The van der Waals surface area contributed by atoms with Crippen LogP contribution < -0.4 is 5.73 Å². The third kappa shape index (κ3) is 2.95. The second-order valence-electron chi connectivity index (χ2n) is 4.49. The first-order valence-corrected chi connectivity index (χ1v) is 5.40.